The lowest BCUT2D eigenvalue weighted by atomic mass is 9.92. The Balaban J connectivity index is 0.00000150. The molecule has 1 fully saturated rings. The third-order valence-electron chi connectivity index (χ3n) is 5.78. The maximum Gasteiger partial charge on any atom is 0.397 e. The van der Waals surface area contributed by atoms with Crippen molar-refractivity contribution in [2.45, 2.75) is 78.1 Å². The highest BCUT2D eigenvalue weighted by atomic mass is 79.9. The van der Waals surface area contributed by atoms with Crippen LogP contribution in [0.5, 0.6) is 0 Å². The van der Waals surface area contributed by atoms with Crippen LogP contribution in [0.1, 0.15) is 65.4 Å². The predicted molar refractivity (Wildman–Crippen MR) is 113 cm³/mol. The molecule has 0 bridgehead atoms. The van der Waals surface area contributed by atoms with Crippen molar-refractivity contribution >= 4 is 11.6 Å². The van der Waals surface area contributed by atoms with Gasteiger partial charge in [-0.15, -0.1) is 0 Å². The van der Waals surface area contributed by atoms with Crippen LogP contribution in [0.25, 0.3) is 0 Å². The van der Waals surface area contributed by atoms with Crippen LogP contribution in [-0.2, 0) is 12.3 Å². The molecule has 1 aromatic carbocycles. The number of fused-ring (bicyclic) bond motifs is 1. The molecule has 0 amide bonds. The van der Waals surface area contributed by atoms with Gasteiger partial charge >= 0.3 is 5.95 Å². The minimum Gasteiger partial charge on any atom is -1.00 e. The van der Waals surface area contributed by atoms with Gasteiger partial charge in [0.1, 0.15) is 12.7 Å². The van der Waals surface area contributed by atoms with E-state index >= 15 is 0 Å². The zero-order chi connectivity index (χ0) is 18.9. The minimum atomic E-state index is -1.25. The van der Waals surface area contributed by atoms with Crippen molar-refractivity contribution in [2.75, 3.05) is 4.90 Å². The van der Waals surface area contributed by atoms with Gasteiger partial charge in [-0.05, 0) is 25.0 Å². The Morgan fingerprint density at radius 3 is 2.30 bits per heavy atom. The van der Waals surface area contributed by atoms with Gasteiger partial charge in [-0.2, -0.15) is 0 Å². The number of benzene rings is 1. The van der Waals surface area contributed by atoms with E-state index in [4.69, 9.17) is 0 Å². The summed E-state index contributed by atoms with van der Waals surface area (Å²) in [5, 5.41) is 22.8. The van der Waals surface area contributed by atoms with Gasteiger partial charge in [0.2, 0.25) is 5.72 Å². The van der Waals surface area contributed by atoms with Crippen LogP contribution < -0.4 is 26.4 Å². The first-order chi connectivity index (χ1) is 13.1. The van der Waals surface area contributed by atoms with E-state index in [9.17, 15) is 15.2 Å². The Morgan fingerprint density at radius 2 is 1.70 bits per heavy atom. The molecule has 7 nitrogen and oxygen atoms in total. The Morgan fingerprint density at radius 1 is 1.10 bits per heavy atom. The van der Waals surface area contributed by atoms with E-state index in [1.165, 1.54) is 31.4 Å². The lowest BCUT2D eigenvalue weighted by molar-refractivity contribution is -0.685. The standard InChI is InChI=1S/C20H25N4O3.2CH4.BrH/c25-20(16-9-11-18(12-10-16)24(26)27)15-22-14-6-13-21-19(22)23(20)17-7-4-2-1-3-5-8-17;;;/h6,9-14,17,25H,1-5,7-8,15H2;2*1H4;1H/q+1;;;/p-1. The van der Waals surface area contributed by atoms with Crippen molar-refractivity contribution in [3.05, 3.63) is 58.4 Å². The Labute approximate surface area is 189 Å². The molecule has 30 heavy (non-hydrogen) atoms. The van der Waals surface area contributed by atoms with E-state index in [-0.39, 0.29) is 43.6 Å². The molecular weight excluding hydrogens is 448 g/mol. The van der Waals surface area contributed by atoms with Gasteiger partial charge in [0.25, 0.3) is 5.69 Å². The highest BCUT2D eigenvalue weighted by molar-refractivity contribution is 5.43. The molecule has 1 unspecified atom stereocenters. The number of nitro benzene ring substituents is 1. The van der Waals surface area contributed by atoms with E-state index in [2.05, 4.69) is 9.88 Å². The van der Waals surface area contributed by atoms with Crippen LogP contribution in [0.4, 0.5) is 11.6 Å². The molecule has 1 aromatic heterocycles. The molecule has 166 valence electrons. The van der Waals surface area contributed by atoms with Crippen molar-refractivity contribution in [1.29, 1.82) is 0 Å². The largest absolute Gasteiger partial charge is 1.00 e. The molecule has 1 N–H and O–H groups in total. The van der Waals surface area contributed by atoms with Crippen molar-refractivity contribution < 1.29 is 31.6 Å². The van der Waals surface area contributed by atoms with Crippen molar-refractivity contribution in [3.63, 3.8) is 0 Å². The lowest BCUT2D eigenvalue weighted by Crippen LogP contribution is -3.00. The molecule has 0 saturated heterocycles. The van der Waals surface area contributed by atoms with Gasteiger partial charge in [-0.3, -0.25) is 10.1 Å². The van der Waals surface area contributed by atoms with Crippen LogP contribution >= 0.6 is 0 Å². The van der Waals surface area contributed by atoms with Crippen LogP contribution in [0.3, 0.4) is 0 Å². The Hall–Kier alpha value is -2.06. The predicted octanol–water partition coefficient (Wildman–Crippen LogP) is 1.33. The molecule has 2 heterocycles. The monoisotopic (exact) mass is 480 g/mol. The molecule has 1 aliphatic carbocycles. The number of halogens is 1. The van der Waals surface area contributed by atoms with Crippen LogP contribution in [0.15, 0.2) is 42.7 Å². The van der Waals surface area contributed by atoms with Crippen molar-refractivity contribution in [3.8, 4) is 0 Å². The van der Waals surface area contributed by atoms with E-state index < -0.39 is 10.6 Å². The quantitative estimate of drug-likeness (QED) is 0.407. The van der Waals surface area contributed by atoms with Crippen molar-refractivity contribution in [2.24, 2.45) is 0 Å². The van der Waals surface area contributed by atoms with Gasteiger partial charge in [0.05, 0.1) is 17.2 Å². The third-order valence-corrected chi connectivity index (χ3v) is 5.78. The van der Waals surface area contributed by atoms with Crippen LogP contribution in [0.2, 0.25) is 0 Å². The molecule has 2 aromatic rings. The molecule has 2 aliphatic rings. The lowest BCUT2D eigenvalue weighted by Gasteiger charge is -2.35. The summed E-state index contributed by atoms with van der Waals surface area (Å²) in [6.07, 6.45) is 11.7. The van der Waals surface area contributed by atoms with Gasteiger partial charge in [0, 0.05) is 23.8 Å². The molecule has 1 aliphatic heterocycles. The smallest absolute Gasteiger partial charge is 0.397 e. The summed E-state index contributed by atoms with van der Waals surface area (Å²) in [5.74, 6) is 0.768. The van der Waals surface area contributed by atoms with Crippen molar-refractivity contribution in [1.82, 2.24) is 4.98 Å². The Bertz CT molecular complexity index is 825. The fourth-order valence-electron chi connectivity index (χ4n) is 4.43. The van der Waals surface area contributed by atoms with E-state index in [0.29, 0.717) is 12.1 Å². The van der Waals surface area contributed by atoms with Gasteiger partial charge in [-0.1, -0.05) is 51.9 Å². The average Bonchev–Trinajstić information content (AvgIpc) is 2.95. The summed E-state index contributed by atoms with van der Waals surface area (Å²) in [5.41, 5.74) is -0.554. The van der Waals surface area contributed by atoms with Gasteiger partial charge in [0.15, 0.2) is 0 Å². The zero-order valence-corrected chi connectivity index (χ0v) is 17.3. The normalized spacial score (nSPS) is 21.2. The maximum atomic E-state index is 11.8. The summed E-state index contributed by atoms with van der Waals surface area (Å²) in [6, 6.07) is 8.33. The highest BCUT2D eigenvalue weighted by Gasteiger charge is 2.54. The Kier molecular flexibility index (Phi) is 9.36. The topological polar surface area (TPSA) is 83.4 Å². The fraction of sp³-hybridized carbons (Fsp3) is 0.545. The minimum absolute atomic E-state index is 0. The summed E-state index contributed by atoms with van der Waals surface area (Å²) < 4.78 is 1.97. The van der Waals surface area contributed by atoms with E-state index in [1.807, 2.05) is 16.8 Å². The number of rotatable bonds is 3. The summed E-state index contributed by atoms with van der Waals surface area (Å²) in [4.78, 5) is 17.2. The molecule has 0 spiro atoms. The summed E-state index contributed by atoms with van der Waals surface area (Å²) in [7, 11) is 0. The second-order valence-corrected chi connectivity index (χ2v) is 7.54. The fourth-order valence-corrected chi connectivity index (χ4v) is 4.43. The van der Waals surface area contributed by atoms with E-state index in [0.717, 1.165) is 31.6 Å². The number of aliphatic hydroxyl groups is 1. The maximum absolute atomic E-state index is 11.8. The molecule has 0 radical (unpaired) electrons. The first-order valence-electron chi connectivity index (χ1n) is 9.71. The number of nitrogens with zero attached hydrogens (tertiary/aromatic N) is 4. The molecule has 4 rings (SSSR count). The first kappa shape index (κ1) is 26.0. The average molecular weight is 481 g/mol. The van der Waals surface area contributed by atoms with E-state index in [1.54, 1.807) is 18.3 Å². The third kappa shape index (κ3) is 4.81. The number of anilines is 1. The number of aromatic nitrogens is 2. The number of nitro groups is 1. The molecule has 1 atom stereocenters. The molecule has 8 heteroatoms. The van der Waals surface area contributed by atoms with Gasteiger partial charge < -0.3 is 22.1 Å². The number of hydrogen-bond acceptors (Lipinski definition) is 5. The molecular formula is C22H33BrN4O3. The van der Waals surface area contributed by atoms with Crippen LogP contribution in [0, 0.1) is 10.1 Å². The second-order valence-electron chi connectivity index (χ2n) is 7.54. The number of hydrogen-bond donors (Lipinski definition) is 1. The van der Waals surface area contributed by atoms with Crippen LogP contribution in [-0.4, -0.2) is 21.1 Å². The zero-order valence-electron chi connectivity index (χ0n) is 15.7. The molecule has 1 saturated carbocycles. The number of non-ortho nitro benzene ring substituents is 1. The van der Waals surface area contributed by atoms with Gasteiger partial charge in [-0.25, -0.2) is 9.47 Å². The summed E-state index contributed by atoms with van der Waals surface area (Å²) >= 11 is 0. The first-order valence-corrected chi connectivity index (χ1v) is 9.71. The highest BCUT2D eigenvalue weighted by Crippen LogP contribution is 2.39. The summed E-state index contributed by atoms with van der Waals surface area (Å²) in [6.45, 7) is 0.366. The SMILES string of the molecule is C.C.O=[N+]([O-])c1ccc(C2(O)C[n+]3cccnc3N2C2CCCCCCC2)cc1.[Br-]. The second kappa shape index (κ2) is 10.8.